The summed E-state index contributed by atoms with van der Waals surface area (Å²) < 4.78 is 12.6. The minimum atomic E-state index is 0.267. The maximum atomic E-state index is 5.43. The van der Waals surface area contributed by atoms with Crippen molar-refractivity contribution < 1.29 is 9.47 Å². The molecule has 1 aliphatic heterocycles. The number of fused-ring (bicyclic) bond motifs is 5. The lowest BCUT2D eigenvalue weighted by Gasteiger charge is -1.98. The van der Waals surface area contributed by atoms with Crippen molar-refractivity contribution in [2.45, 2.75) is 0 Å². The van der Waals surface area contributed by atoms with Crippen molar-refractivity contribution in [1.29, 1.82) is 0 Å². The van der Waals surface area contributed by atoms with Crippen LogP contribution >= 0.6 is 0 Å². The molecule has 0 fully saturated rings. The van der Waals surface area contributed by atoms with E-state index in [-0.39, 0.29) is 6.79 Å². The summed E-state index contributed by atoms with van der Waals surface area (Å²) >= 11 is 0. The van der Waals surface area contributed by atoms with Crippen molar-refractivity contribution >= 4 is 27.5 Å². The Morgan fingerprint density at radius 1 is 1.00 bits per heavy atom. The third-order valence-corrected chi connectivity index (χ3v) is 3.59. The predicted octanol–water partition coefficient (Wildman–Crippen LogP) is 2.76. The van der Waals surface area contributed by atoms with Gasteiger partial charge in [-0.25, -0.2) is 9.50 Å². The third kappa shape index (κ3) is 1.21. The van der Waals surface area contributed by atoms with Crippen LogP contribution in [0.1, 0.15) is 0 Å². The van der Waals surface area contributed by atoms with Gasteiger partial charge < -0.3 is 9.47 Å². The number of benzene rings is 2. The Bertz CT molecular complexity index is 991. The van der Waals surface area contributed by atoms with Gasteiger partial charge in [-0.1, -0.05) is 18.2 Å². The maximum Gasteiger partial charge on any atom is 0.231 e. The molecule has 0 unspecified atom stereocenters. The molecule has 0 spiro atoms. The minimum absolute atomic E-state index is 0.267. The second-order valence-corrected chi connectivity index (χ2v) is 4.79. The molecule has 5 heteroatoms. The maximum absolute atomic E-state index is 5.43. The van der Waals surface area contributed by atoms with Gasteiger partial charge in [0.1, 0.15) is 0 Å². The molecule has 5 nitrogen and oxygen atoms in total. The fourth-order valence-corrected chi connectivity index (χ4v) is 2.63. The van der Waals surface area contributed by atoms with Crippen LogP contribution in [0.4, 0.5) is 0 Å². The second-order valence-electron chi connectivity index (χ2n) is 4.79. The van der Waals surface area contributed by atoms with E-state index in [4.69, 9.17) is 14.5 Å². The van der Waals surface area contributed by atoms with Crippen LogP contribution in [0.5, 0.6) is 11.5 Å². The Morgan fingerprint density at radius 2 is 1.85 bits per heavy atom. The molecule has 0 aliphatic carbocycles. The van der Waals surface area contributed by atoms with Crippen molar-refractivity contribution in [3.63, 3.8) is 0 Å². The fourth-order valence-electron chi connectivity index (χ4n) is 2.63. The standard InChI is InChI=1S/C15H9N3O2/c1-2-4-11-9(3-1)7-18-15(16-11)10-5-13-14(20-8-19-13)6-12(10)17-18/h1-7H,8H2. The van der Waals surface area contributed by atoms with Gasteiger partial charge in [0.2, 0.25) is 6.79 Å². The highest BCUT2D eigenvalue weighted by atomic mass is 16.7. The van der Waals surface area contributed by atoms with E-state index in [2.05, 4.69) is 5.10 Å². The van der Waals surface area contributed by atoms with Gasteiger partial charge in [-0.2, -0.15) is 5.10 Å². The number of aromatic nitrogens is 3. The summed E-state index contributed by atoms with van der Waals surface area (Å²) in [5, 5.41) is 6.60. The van der Waals surface area contributed by atoms with Crippen molar-refractivity contribution in [1.82, 2.24) is 14.6 Å². The first kappa shape index (κ1) is 10.0. The van der Waals surface area contributed by atoms with E-state index in [1.807, 2.05) is 47.1 Å². The average Bonchev–Trinajstić information content (AvgIpc) is 3.05. The van der Waals surface area contributed by atoms with Gasteiger partial charge in [-0.3, -0.25) is 0 Å². The van der Waals surface area contributed by atoms with Crippen molar-refractivity contribution in [3.05, 3.63) is 42.6 Å². The van der Waals surface area contributed by atoms with E-state index in [1.54, 1.807) is 0 Å². The molecule has 2 aromatic heterocycles. The van der Waals surface area contributed by atoms with Crippen LogP contribution in [0.15, 0.2) is 42.6 Å². The van der Waals surface area contributed by atoms with Gasteiger partial charge in [0, 0.05) is 17.6 Å². The highest BCUT2D eigenvalue weighted by molar-refractivity contribution is 5.96. The van der Waals surface area contributed by atoms with E-state index in [9.17, 15) is 0 Å². The van der Waals surface area contributed by atoms with Gasteiger partial charge in [0.25, 0.3) is 0 Å². The lowest BCUT2D eigenvalue weighted by Crippen LogP contribution is -1.93. The topological polar surface area (TPSA) is 48.7 Å². The molecule has 0 bridgehead atoms. The molecule has 96 valence electrons. The first-order valence-electron chi connectivity index (χ1n) is 6.36. The molecule has 0 amide bonds. The van der Waals surface area contributed by atoms with Gasteiger partial charge in [-0.05, 0) is 12.1 Å². The van der Waals surface area contributed by atoms with E-state index < -0.39 is 0 Å². The lowest BCUT2D eigenvalue weighted by molar-refractivity contribution is 0.174. The summed E-state index contributed by atoms with van der Waals surface area (Å²) in [4.78, 5) is 4.70. The smallest absolute Gasteiger partial charge is 0.231 e. The summed E-state index contributed by atoms with van der Waals surface area (Å²) in [5.41, 5.74) is 2.65. The van der Waals surface area contributed by atoms with E-state index in [0.29, 0.717) is 0 Å². The number of nitrogens with zero attached hydrogens (tertiary/aromatic N) is 3. The van der Waals surface area contributed by atoms with Crippen molar-refractivity contribution in [2.24, 2.45) is 0 Å². The third-order valence-electron chi connectivity index (χ3n) is 3.59. The van der Waals surface area contributed by atoms with Gasteiger partial charge in [0.15, 0.2) is 17.1 Å². The van der Waals surface area contributed by atoms with Crippen molar-refractivity contribution in [2.75, 3.05) is 6.79 Å². The van der Waals surface area contributed by atoms with Crippen LogP contribution in [0.3, 0.4) is 0 Å². The number of hydrogen-bond acceptors (Lipinski definition) is 4. The second kappa shape index (κ2) is 3.39. The van der Waals surface area contributed by atoms with E-state index in [1.165, 1.54) is 0 Å². The first-order valence-corrected chi connectivity index (χ1v) is 6.36. The molecule has 0 atom stereocenters. The van der Waals surface area contributed by atoms with Gasteiger partial charge >= 0.3 is 0 Å². The molecule has 0 radical (unpaired) electrons. The van der Waals surface area contributed by atoms with Crippen LogP contribution in [0.25, 0.3) is 27.5 Å². The molecule has 0 saturated carbocycles. The number of para-hydroxylation sites is 1. The number of rotatable bonds is 0. The summed E-state index contributed by atoms with van der Waals surface area (Å²) in [5.74, 6) is 1.49. The molecular formula is C15H9N3O2. The normalized spacial score (nSPS) is 13.6. The Balaban J connectivity index is 1.95. The average molecular weight is 263 g/mol. The summed E-state index contributed by atoms with van der Waals surface area (Å²) in [7, 11) is 0. The van der Waals surface area contributed by atoms with Crippen LogP contribution < -0.4 is 9.47 Å². The number of ether oxygens (including phenoxy) is 2. The minimum Gasteiger partial charge on any atom is -0.454 e. The highest BCUT2D eigenvalue weighted by Gasteiger charge is 2.17. The lowest BCUT2D eigenvalue weighted by atomic mass is 10.2. The van der Waals surface area contributed by atoms with Gasteiger partial charge in [0.05, 0.1) is 16.4 Å². The van der Waals surface area contributed by atoms with Crippen LogP contribution in [0.2, 0.25) is 0 Å². The Labute approximate surface area is 113 Å². The molecule has 0 N–H and O–H groups in total. The van der Waals surface area contributed by atoms with Crippen LogP contribution in [0, 0.1) is 0 Å². The predicted molar refractivity (Wildman–Crippen MR) is 74.1 cm³/mol. The molecule has 1 aliphatic rings. The molecule has 2 aromatic carbocycles. The molecule has 4 aromatic rings. The zero-order valence-electron chi connectivity index (χ0n) is 10.4. The zero-order chi connectivity index (χ0) is 13.1. The first-order chi connectivity index (χ1) is 9.88. The monoisotopic (exact) mass is 263 g/mol. The van der Waals surface area contributed by atoms with Crippen LogP contribution in [-0.2, 0) is 0 Å². The fraction of sp³-hybridized carbons (Fsp3) is 0.0667. The van der Waals surface area contributed by atoms with E-state index in [0.717, 1.165) is 39.0 Å². The van der Waals surface area contributed by atoms with Crippen molar-refractivity contribution in [3.8, 4) is 11.5 Å². The van der Waals surface area contributed by atoms with Gasteiger partial charge in [-0.15, -0.1) is 0 Å². The van der Waals surface area contributed by atoms with E-state index >= 15 is 0 Å². The zero-order valence-corrected chi connectivity index (χ0v) is 10.4. The molecule has 3 heterocycles. The summed E-state index contributed by atoms with van der Waals surface area (Å²) in [6.07, 6.45) is 1.99. The summed E-state index contributed by atoms with van der Waals surface area (Å²) in [6, 6.07) is 11.9. The molecular weight excluding hydrogens is 254 g/mol. The Morgan fingerprint density at radius 3 is 2.80 bits per heavy atom. The summed E-state index contributed by atoms with van der Waals surface area (Å²) in [6.45, 7) is 0.267. The Hall–Kier alpha value is -2.82. The Kier molecular flexibility index (Phi) is 1.70. The molecule has 0 saturated heterocycles. The largest absolute Gasteiger partial charge is 0.454 e. The highest BCUT2D eigenvalue weighted by Crippen LogP contribution is 2.36. The van der Waals surface area contributed by atoms with Crippen LogP contribution in [-0.4, -0.2) is 21.4 Å². The SMILES string of the molecule is c1ccc2nc3c4cc5c(cc4nn3cc2c1)OCO5. The number of hydrogen-bond donors (Lipinski definition) is 0. The molecule has 20 heavy (non-hydrogen) atoms. The quantitative estimate of drug-likeness (QED) is 0.489. The molecule has 5 rings (SSSR count).